The number of aromatic nitrogens is 1. The van der Waals surface area contributed by atoms with Crippen LogP contribution in [0.1, 0.15) is 40.4 Å². The fourth-order valence-corrected chi connectivity index (χ4v) is 3.84. The molecule has 4 rings (SSSR count). The molecule has 2 saturated heterocycles. The van der Waals surface area contributed by atoms with Crippen LogP contribution in [0.25, 0.3) is 0 Å². The van der Waals surface area contributed by atoms with Gasteiger partial charge in [0.1, 0.15) is 17.1 Å². The minimum atomic E-state index is -0.268. The third-order valence-electron chi connectivity index (χ3n) is 5.16. The molecule has 2 aromatic rings. The predicted octanol–water partition coefficient (Wildman–Crippen LogP) is 2.88. The highest BCUT2D eigenvalue weighted by Gasteiger charge is 2.50. The van der Waals surface area contributed by atoms with E-state index in [1.54, 1.807) is 6.20 Å². The molecule has 1 atom stereocenters. The lowest BCUT2D eigenvalue weighted by molar-refractivity contribution is -0.188. The molecule has 0 radical (unpaired) electrons. The highest BCUT2D eigenvalue weighted by molar-refractivity contribution is 5.96. The Balaban J connectivity index is 1.32. The van der Waals surface area contributed by atoms with Crippen LogP contribution in [0.3, 0.4) is 0 Å². The van der Waals surface area contributed by atoms with E-state index in [0.717, 1.165) is 24.3 Å². The second kappa shape index (κ2) is 6.85. The average Bonchev–Trinajstić information content (AvgIpc) is 2.96. The normalized spacial score (nSPS) is 21.6. The highest BCUT2D eigenvalue weighted by atomic mass is 16.5. The first kappa shape index (κ1) is 17.2. The molecule has 1 amide bonds. The number of rotatable bonds is 4. The van der Waals surface area contributed by atoms with Crippen molar-refractivity contribution in [1.82, 2.24) is 9.88 Å². The number of ether oxygens (including phenoxy) is 2. The lowest BCUT2D eigenvalue weighted by Gasteiger charge is -2.52. The Kier molecular flexibility index (Phi) is 4.54. The van der Waals surface area contributed by atoms with Gasteiger partial charge in [-0.3, -0.25) is 9.78 Å². The fourth-order valence-electron chi connectivity index (χ4n) is 3.84. The van der Waals surface area contributed by atoms with Crippen LogP contribution in [0, 0.1) is 13.8 Å². The number of nitrogens with zero attached hydrogens (tertiary/aromatic N) is 2. The van der Waals surface area contributed by atoms with Gasteiger partial charge in [0.05, 0.1) is 37.1 Å². The molecule has 2 aromatic heterocycles. The Hall–Kier alpha value is -2.18. The molecule has 2 aliphatic rings. The number of hydrogen-bond acceptors (Lipinski definition) is 5. The third-order valence-corrected chi connectivity index (χ3v) is 5.16. The molecule has 0 bridgehead atoms. The molecule has 0 aliphatic carbocycles. The van der Waals surface area contributed by atoms with Gasteiger partial charge in [0.2, 0.25) is 0 Å². The summed E-state index contributed by atoms with van der Waals surface area (Å²) in [5.74, 6) is 1.46. The van der Waals surface area contributed by atoms with Crippen LogP contribution in [0.5, 0.6) is 0 Å². The number of likely N-dealkylation sites (tertiary alicyclic amines) is 1. The maximum atomic E-state index is 12.7. The smallest absolute Gasteiger partial charge is 0.257 e. The van der Waals surface area contributed by atoms with E-state index in [-0.39, 0.29) is 17.6 Å². The summed E-state index contributed by atoms with van der Waals surface area (Å²) >= 11 is 0. The van der Waals surface area contributed by atoms with Gasteiger partial charge < -0.3 is 18.8 Å². The van der Waals surface area contributed by atoms with Crippen molar-refractivity contribution in [3.05, 3.63) is 53.2 Å². The highest BCUT2D eigenvalue weighted by Crippen LogP contribution is 2.36. The standard InChI is InChI=1S/C20H24N2O4/c1-14-9-18(15(2)26-14)19(23)22-12-20(13-22)10-17(6-8-25-20)24-11-16-5-3-4-7-21-16/h3-5,7,9,17H,6,8,10-13H2,1-2H3/t17-/m1/s1. The summed E-state index contributed by atoms with van der Waals surface area (Å²) in [6.45, 7) is 6.08. The first-order valence-electron chi connectivity index (χ1n) is 9.06. The number of carbonyl (C=O) groups is 1. The average molecular weight is 356 g/mol. The molecule has 6 heteroatoms. The third kappa shape index (κ3) is 3.39. The number of carbonyl (C=O) groups excluding carboxylic acids is 1. The molecular weight excluding hydrogens is 332 g/mol. The zero-order valence-electron chi connectivity index (χ0n) is 15.2. The molecule has 0 aromatic carbocycles. The molecule has 0 saturated carbocycles. The maximum Gasteiger partial charge on any atom is 0.257 e. The van der Waals surface area contributed by atoms with E-state index in [1.807, 2.05) is 43.0 Å². The first-order valence-corrected chi connectivity index (χ1v) is 9.06. The van der Waals surface area contributed by atoms with Crippen molar-refractivity contribution in [3.8, 4) is 0 Å². The number of furan rings is 1. The molecule has 6 nitrogen and oxygen atoms in total. The van der Waals surface area contributed by atoms with Gasteiger partial charge in [-0.15, -0.1) is 0 Å². The van der Waals surface area contributed by atoms with E-state index in [4.69, 9.17) is 13.9 Å². The van der Waals surface area contributed by atoms with Gasteiger partial charge in [0.25, 0.3) is 5.91 Å². The number of aryl methyl sites for hydroxylation is 2. The van der Waals surface area contributed by atoms with Crippen molar-refractivity contribution in [2.75, 3.05) is 19.7 Å². The van der Waals surface area contributed by atoms with Crippen molar-refractivity contribution < 1.29 is 18.7 Å². The summed E-state index contributed by atoms with van der Waals surface area (Å²) in [5, 5.41) is 0. The van der Waals surface area contributed by atoms with Crippen LogP contribution >= 0.6 is 0 Å². The topological polar surface area (TPSA) is 64.8 Å². The Labute approximate surface area is 153 Å². The van der Waals surface area contributed by atoms with Crippen molar-refractivity contribution in [2.45, 2.75) is 45.0 Å². The Morgan fingerprint density at radius 1 is 1.38 bits per heavy atom. The predicted molar refractivity (Wildman–Crippen MR) is 94.8 cm³/mol. The van der Waals surface area contributed by atoms with Crippen LogP contribution in [-0.4, -0.2) is 47.2 Å². The van der Waals surface area contributed by atoms with Crippen LogP contribution in [0.15, 0.2) is 34.9 Å². The lowest BCUT2D eigenvalue weighted by atomic mass is 9.84. The van der Waals surface area contributed by atoms with Gasteiger partial charge in [0.15, 0.2) is 0 Å². The number of pyridine rings is 1. The molecule has 1 spiro atoms. The summed E-state index contributed by atoms with van der Waals surface area (Å²) in [5.41, 5.74) is 1.32. The SMILES string of the molecule is Cc1cc(C(=O)N2CC3(C[C@H](OCc4ccccn4)CCO3)C2)c(C)o1. The van der Waals surface area contributed by atoms with Crippen molar-refractivity contribution in [1.29, 1.82) is 0 Å². The van der Waals surface area contributed by atoms with E-state index in [0.29, 0.717) is 37.6 Å². The zero-order chi connectivity index (χ0) is 18.1. The monoisotopic (exact) mass is 356 g/mol. The molecular formula is C20H24N2O4. The van der Waals surface area contributed by atoms with E-state index in [2.05, 4.69) is 4.98 Å². The summed E-state index contributed by atoms with van der Waals surface area (Å²) < 4.78 is 17.5. The summed E-state index contributed by atoms with van der Waals surface area (Å²) in [6.07, 6.45) is 3.61. The molecule has 0 unspecified atom stereocenters. The molecule has 4 heterocycles. The minimum absolute atomic E-state index is 0.0186. The number of hydrogen-bond donors (Lipinski definition) is 0. The van der Waals surface area contributed by atoms with Crippen molar-refractivity contribution in [3.63, 3.8) is 0 Å². The summed E-state index contributed by atoms with van der Waals surface area (Å²) in [7, 11) is 0. The Morgan fingerprint density at radius 3 is 2.92 bits per heavy atom. The van der Waals surface area contributed by atoms with Crippen molar-refractivity contribution >= 4 is 5.91 Å². The van der Waals surface area contributed by atoms with E-state index < -0.39 is 0 Å². The first-order chi connectivity index (χ1) is 12.5. The van der Waals surface area contributed by atoms with Gasteiger partial charge >= 0.3 is 0 Å². The number of amides is 1. The van der Waals surface area contributed by atoms with E-state index in [9.17, 15) is 4.79 Å². The quantitative estimate of drug-likeness (QED) is 0.843. The van der Waals surface area contributed by atoms with Crippen LogP contribution in [-0.2, 0) is 16.1 Å². The van der Waals surface area contributed by atoms with Gasteiger partial charge in [-0.2, -0.15) is 0 Å². The van der Waals surface area contributed by atoms with Gasteiger partial charge in [0, 0.05) is 19.2 Å². The molecule has 2 aliphatic heterocycles. The summed E-state index contributed by atoms with van der Waals surface area (Å²) in [6, 6.07) is 7.64. The van der Waals surface area contributed by atoms with Gasteiger partial charge in [-0.05, 0) is 38.5 Å². The second-order valence-corrected chi connectivity index (χ2v) is 7.27. The Bertz CT molecular complexity index is 780. The van der Waals surface area contributed by atoms with E-state index in [1.165, 1.54) is 0 Å². The largest absolute Gasteiger partial charge is 0.466 e. The zero-order valence-corrected chi connectivity index (χ0v) is 15.2. The molecule has 2 fully saturated rings. The van der Waals surface area contributed by atoms with Crippen LogP contribution < -0.4 is 0 Å². The minimum Gasteiger partial charge on any atom is -0.466 e. The van der Waals surface area contributed by atoms with Crippen LogP contribution in [0.4, 0.5) is 0 Å². The molecule has 0 N–H and O–H groups in total. The summed E-state index contributed by atoms with van der Waals surface area (Å²) in [4.78, 5) is 18.8. The Morgan fingerprint density at radius 2 is 2.23 bits per heavy atom. The van der Waals surface area contributed by atoms with Crippen LogP contribution in [0.2, 0.25) is 0 Å². The molecule has 26 heavy (non-hydrogen) atoms. The van der Waals surface area contributed by atoms with Gasteiger partial charge in [-0.1, -0.05) is 6.07 Å². The molecule has 138 valence electrons. The van der Waals surface area contributed by atoms with Gasteiger partial charge in [-0.25, -0.2) is 0 Å². The lowest BCUT2D eigenvalue weighted by Crippen LogP contribution is -2.67. The fraction of sp³-hybridized carbons (Fsp3) is 0.500. The van der Waals surface area contributed by atoms with Crippen molar-refractivity contribution in [2.24, 2.45) is 0 Å². The second-order valence-electron chi connectivity index (χ2n) is 7.27. The van der Waals surface area contributed by atoms with E-state index >= 15 is 0 Å². The maximum absolute atomic E-state index is 12.7.